The number of esters is 1. The van der Waals surface area contributed by atoms with Gasteiger partial charge in [-0.15, -0.1) is 0 Å². The molecular weight excluding hydrogens is 328 g/mol. The van der Waals surface area contributed by atoms with Gasteiger partial charge in [0.1, 0.15) is 0 Å². The van der Waals surface area contributed by atoms with E-state index >= 15 is 0 Å². The standard InChI is InChI=1S/C22H40O4/c1-3-5-7-8-9-10-12-17-26-22(25)19-16-13-15-18(14-11-6-4-2)20(19)21(23)24/h18-20H,3-17H2,1-2H3,(H,23,24). The van der Waals surface area contributed by atoms with Crippen LogP contribution in [0.1, 0.15) is 104 Å². The SMILES string of the molecule is CCCCCCCCCOC(=O)C1CCCC(CCCCC)C1C(=O)O. The quantitative estimate of drug-likeness (QED) is 0.303. The maximum atomic E-state index is 12.5. The number of aliphatic carboxylic acids is 1. The van der Waals surface area contributed by atoms with E-state index in [9.17, 15) is 14.7 Å². The molecule has 1 aliphatic rings. The van der Waals surface area contributed by atoms with E-state index < -0.39 is 17.8 Å². The van der Waals surface area contributed by atoms with Gasteiger partial charge in [-0.3, -0.25) is 9.59 Å². The van der Waals surface area contributed by atoms with Crippen molar-refractivity contribution in [2.75, 3.05) is 6.61 Å². The second-order valence-corrected chi connectivity index (χ2v) is 7.95. The fourth-order valence-electron chi connectivity index (χ4n) is 4.25. The molecule has 0 aromatic heterocycles. The van der Waals surface area contributed by atoms with E-state index in [1.165, 1.54) is 32.1 Å². The lowest BCUT2D eigenvalue weighted by Gasteiger charge is -2.34. The van der Waals surface area contributed by atoms with Gasteiger partial charge < -0.3 is 9.84 Å². The van der Waals surface area contributed by atoms with Gasteiger partial charge in [-0.05, 0) is 31.6 Å². The van der Waals surface area contributed by atoms with Crippen LogP contribution in [0.5, 0.6) is 0 Å². The van der Waals surface area contributed by atoms with Crippen molar-refractivity contribution in [1.82, 2.24) is 0 Å². The van der Waals surface area contributed by atoms with Gasteiger partial charge >= 0.3 is 11.9 Å². The van der Waals surface area contributed by atoms with Crippen molar-refractivity contribution >= 4 is 11.9 Å². The smallest absolute Gasteiger partial charge is 0.309 e. The van der Waals surface area contributed by atoms with Crippen molar-refractivity contribution in [3.8, 4) is 0 Å². The molecule has 0 aromatic carbocycles. The molecule has 0 saturated heterocycles. The van der Waals surface area contributed by atoms with Crippen LogP contribution in [-0.4, -0.2) is 23.7 Å². The fraction of sp³-hybridized carbons (Fsp3) is 0.909. The maximum Gasteiger partial charge on any atom is 0.309 e. The summed E-state index contributed by atoms with van der Waals surface area (Å²) in [6.07, 6.45) is 15.1. The lowest BCUT2D eigenvalue weighted by atomic mass is 9.70. The summed E-state index contributed by atoms with van der Waals surface area (Å²) in [5.41, 5.74) is 0. The molecule has 1 rings (SSSR count). The Morgan fingerprint density at radius 1 is 0.885 bits per heavy atom. The van der Waals surface area contributed by atoms with Crippen molar-refractivity contribution in [3.63, 3.8) is 0 Å². The van der Waals surface area contributed by atoms with Crippen molar-refractivity contribution in [1.29, 1.82) is 0 Å². The van der Waals surface area contributed by atoms with Crippen molar-refractivity contribution in [2.24, 2.45) is 17.8 Å². The summed E-state index contributed by atoms with van der Waals surface area (Å²) in [6, 6.07) is 0. The Balaban J connectivity index is 2.36. The highest BCUT2D eigenvalue weighted by Gasteiger charge is 2.42. The number of carboxylic acid groups (broad SMARTS) is 1. The molecule has 0 aromatic rings. The fourth-order valence-corrected chi connectivity index (χ4v) is 4.25. The van der Waals surface area contributed by atoms with Crippen LogP contribution in [0, 0.1) is 17.8 Å². The minimum atomic E-state index is -0.816. The molecule has 0 radical (unpaired) electrons. The van der Waals surface area contributed by atoms with Crippen LogP contribution in [-0.2, 0) is 14.3 Å². The molecule has 152 valence electrons. The van der Waals surface area contributed by atoms with Crippen LogP contribution < -0.4 is 0 Å². The highest BCUT2D eigenvalue weighted by molar-refractivity contribution is 5.81. The number of ether oxygens (including phenoxy) is 1. The normalized spacial score (nSPS) is 22.9. The van der Waals surface area contributed by atoms with Gasteiger partial charge in [-0.1, -0.05) is 78.1 Å². The van der Waals surface area contributed by atoms with Crippen molar-refractivity contribution < 1.29 is 19.4 Å². The molecule has 1 N–H and O–H groups in total. The Morgan fingerprint density at radius 2 is 1.50 bits per heavy atom. The van der Waals surface area contributed by atoms with E-state index in [0.717, 1.165) is 51.4 Å². The zero-order valence-corrected chi connectivity index (χ0v) is 17.0. The second-order valence-electron chi connectivity index (χ2n) is 7.95. The molecule has 4 heteroatoms. The molecule has 3 atom stereocenters. The number of rotatable bonds is 14. The van der Waals surface area contributed by atoms with Gasteiger partial charge in [0.15, 0.2) is 0 Å². The molecule has 0 spiro atoms. The lowest BCUT2D eigenvalue weighted by Crippen LogP contribution is -2.39. The second kappa shape index (κ2) is 14.1. The van der Waals surface area contributed by atoms with Gasteiger partial charge in [0, 0.05) is 0 Å². The summed E-state index contributed by atoms with van der Waals surface area (Å²) in [6.45, 7) is 4.80. The zero-order valence-electron chi connectivity index (χ0n) is 17.0. The first-order chi connectivity index (χ1) is 12.6. The molecule has 1 aliphatic carbocycles. The number of carbonyl (C=O) groups is 2. The number of hydrogen-bond acceptors (Lipinski definition) is 3. The van der Waals surface area contributed by atoms with Crippen molar-refractivity contribution in [2.45, 2.75) is 104 Å². The summed E-state index contributed by atoms with van der Waals surface area (Å²) < 4.78 is 5.46. The van der Waals surface area contributed by atoms with Gasteiger partial charge in [0.2, 0.25) is 0 Å². The average Bonchev–Trinajstić information content (AvgIpc) is 2.63. The van der Waals surface area contributed by atoms with E-state index in [-0.39, 0.29) is 11.9 Å². The predicted octanol–water partition coefficient (Wildman–Crippen LogP) is 5.98. The van der Waals surface area contributed by atoms with E-state index in [4.69, 9.17) is 4.74 Å². The van der Waals surface area contributed by atoms with E-state index in [2.05, 4.69) is 13.8 Å². The summed E-state index contributed by atoms with van der Waals surface area (Å²) >= 11 is 0. The molecular formula is C22H40O4. The Kier molecular flexibility index (Phi) is 12.4. The van der Waals surface area contributed by atoms with Crippen LogP contribution >= 0.6 is 0 Å². The average molecular weight is 369 g/mol. The van der Waals surface area contributed by atoms with E-state index in [1.807, 2.05) is 0 Å². The summed E-state index contributed by atoms with van der Waals surface area (Å²) in [4.78, 5) is 24.3. The Morgan fingerprint density at radius 3 is 2.15 bits per heavy atom. The summed E-state index contributed by atoms with van der Waals surface area (Å²) in [5, 5.41) is 9.69. The third kappa shape index (κ3) is 8.55. The van der Waals surface area contributed by atoms with Gasteiger partial charge in [-0.2, -0.15) is 0 Å². The largest absolute Gasteiger partial charge is 0.481 e. The third-order valence-corrected chi connectivity index (χ3v) is 5.79. The molecule has 4 nitrogen and oxygen atoms in total. The molecule has 1 saturated carbocycles. The first kappa shape index (κ1) is 23.0. The number of carboxylic acids is 1. The monoisotopic (exact) mass is 368 g/mol. The van der Waals surface area contributed by atoms with E-state index in [0.29, 0.717) is 13.0 Å². The van der Waals surface area contributed by atoms with Crippen molar-refractivity contribution in [3.05, 3.63) is 0 Å². The first-order valence-electron chi connectivity index (χ1n) is 11.0. The molecule has 0 bridgehead atoms. The summed E-state index contributed by atoms with van der Waals surface area (Å²) in [7, 11) is 0. The molecule has 0 amide bonds. The number of hydrogen-bond donors (Lipinski definition) is 1. The Labute approximate surface area is 160 Å². The Bertz CT molecular complexity index is 394. The number of carbonyl (C=O) groups excluding carboxylic acids is 1. The maximum absolute atomic E-state index is 12.5. The highest BCUT2D eigenvalue weighted by atomic mass is 16.5. The van der Waals surface area contributed by atoms with E-state index in [1.54, 1.807) is 0 Å². The van der Waals surface area contributed by atoms with Gasteiger partial charge in [-0.25, -0.2) is 0 Å². The molecule has 26 heavy (non-hydrogen) atoms. The molecule has 0 aliphatic heterocycles. The van der Waals surface area contributed by atoms with Crippen LogP contribution in [0.15, 0.2) is 0 Å². The minimum absolute atomic E-state index is 0.129. The molecule has 1 fully saturated rings. The molecule has 3 unspecified atom stereocenters. The minimum Gasteiger partial charge on any atom is -0.481 e. The Hall–Kier alpha value is -1.06. The van der Waals surface area contributed by atoms with Crippen LogP contribution in [0.2, 0.25) is 0 Å². The number of unbranched alkanes of at least 4 members (excludes halogenated alkanes) is 8. The molecule has 0 heterocycles. The van der Waals surface area contributed by atoms with Gasteiger partial charge in [0.05, 0.1) is 18.4 Å². The third-order valence-electron chi connectivity index (χ3n) is 5.79. The van der Waals surface area contributed by atoms with Crippen LogP contribution in [0.25, 0.3) is 0 Å². The lowest BCUT2D eigenvalue weighted by molar-refractivity contribution is -0.162. The topological polar surface area (TPSA) is 63.6 Å². The van der Waals surface area contributed by atoms with Gasteiger partial charge in [0.25, 0.3) is 0 Å². The summed E-state index contributed by atoms with van der Waals surface area (Å²) in [5.74, 6) is -1.96. The zero-order chi connectivity index (χ0) is 19.2. The highest BCUT2D eigenvalue weighted by Crippen LogP contribution is 2.38. The van der Waals surface area contributed by atoms with Crippen LogP contribution in [0.4, 0.5) is 0 Å². The van der Waals surface area contributed by atoms with Crippen LogP contribution in [0.3, 0.4) is 0 Å². The predicted molar refractivity (Wildman–Crippen MR) is 105 cm³/mol. The first-order valence-corrected chi connectivity index (χ1v) is 11.0.